The van der Waals surface area contributed by atoms with Crippen molar-refractivity contribution in [3.63, 3.8) is 0 Å². The number of nitrogens with zero attached hydrogens (tertiary/aromatic N) is 2. The summed E-state index contributed by atoms with van der Waals surface area (Å²) < 4.78 is 51.7. The monoisotopic (exact) mass is 399 g/mol. The Morgan fingerprint density at radius 1 is 1.27 bits per heavy atom. The maximum absolute atomic E-state index is 13.4. The van der Waals surface area contributed by atoms with Crippen molar-refractivity contribution >= 4 is 33.3 Å². The van der Waals surface area contributed by atoms with Gasteiger partial charge in [-0.3, -0.25) is 4.79 Å². The van der Waals surface area contributed by atoms with E-state index >= 15 is 0 Å². The molecule has 2 aliphatic heterocycles. The minimum Gasteiger partial charge on any atom is -0.306 e. The number of fused-ring (bicyclic) bond motifs is 1. The Bertz CT molecular complexity index is 1000. The Morgan fingerprint density at radius 2 is 2.08 bits per heavy atom. The second-order valence-electron chi connectivity index (χ2n) is 6.35. The van der Waals surface area contributed by atoms with Crippen LogP contribution < -0.4 is 5.32 Å². The molecule has 1 fully saturated rings. The van der Waals surface area contributed by atoms with Crippen molar-refractivity contribution < 1.29 is 22.0 Å². The molecule has 26 heavy (non-hydrogen) atoms. The first-order valence-electron chi connectivity index (χ1n) is 7.99. The molecule has 1 aromatic heterocycles. The highest BCUT2D eigenvalue weighted by Crippen LogP contribution is 2.38. The molecule has 4 rings (SSSR count). The largest absolute Gasteiger partial charge is 0.306 e. The van der Waals surface area contributed by atoms with Gasteiger partial charge >= 0.3 is 0 Å². The molecule has 1 saturated heterocycles. The number of benzene rings is 1. The molecule has 2 aromatic rings. The Balaban J connectivity index is 1.67. The van der Waals surface area contributed by atoms with Gasteiger partial charge in [-0.15, -0.1) is 0 Å². The van der Waals surface area contributed by atoms with Gasteiger partial charge in [-0.25, -0.2) is 21.9 Å². The molecule has 0 saturated carbocycles. The van der Waals surface area contributed by atoms with E-state index in [4.69, 9.17) is 0 Å². The van der Waals surface area contributed by atoms with Gasteiger partial charge < -0.3 is 5.32 Å². The van der Waals surface area contributed by atoms with E-state index in [1.54, 1.807) is 16.4 Å². The Hall–Kier alpha value is -1.94. The minimum absolute atomic E-state index is 0.0184. The highest BCUT2D eigenvalue weighted by Gasteiger charge is 2.34. The second kappa shape index (κ2) is 6.34. The zero-order valence-corrected chi connectivity index (χ0v) is 15.2. The molecule has 6 nitrogen and oxygen atoms in total. The van der Waals surface area contributed by atoms with E-state index in [9.17, 15) is 22.0 Å². The Kier molecular flexibility index (Phi) is 4.26. The lowest BCUT2D eigenvalue weighted by Gasteiger charge is -2.15. The lowest BCUT2D eigenvalue weighted by Crippen LogP contribution is -2.20. The van der Waals surface area contributed by atoms with Gasteiger partial charge in [0.2, 0.25) is 0 Å². The molecule has 2 aliphatic rings. The quantitative estimate of drug-likeness (QED) is 0.858. The number of thioether (sulfide) groups is 1. The number of hydrogen-bond acceptors (Lipinski definition) is 5. The number of carbonyl (C=O) groups excluding carboxylic acids is 1. The number of aromatic nitrogens is 2. The highest BCUT2D eigenvalue weighted by molar-refractivity contribution is 7.98. The molecule has 1 atom stereocenters. The lowest BCUT2D eigenvalue weighted by atomic mass is 10.2. The van der Waals surface area contributed by atoms with Gasteiger partial charge in [-0.1, -0.05) is 0 Å². The molecule has 10 heteroatoms. The van der Waals surface area contributed by atoms with Crippen molar-refractivity contribution in [1.82, 2.24) is 9.78 Å². The van der Waals surface area contributed by atoms with E-state index in [1.807, 2.05) is 0 Å². The average Bonchev–Trinajstić information content (AvgIpc) is 3.25. The standard InChI is InChI=1S/C16H15F2N3O3S2/c17-12-2-1-9(5-13(12)18)16(22)19-15-11-6-25-7-14(11)20-21(15)10-3-4-26(23,24)8-10/h1-2,5,10H,3-4,6-8H2,(H,19,22). The molecular formula is C16H15F2N3O3S2. The molecule has 3 heterocycles. The molecule has 1 amide bonds. The summed E-state index contributed by atoms with van der Waals surface area (Å²) in [7, 11) is -3.11. The normalized spacial score (nSPS) is 20.9. The number of anilines is 1. The van der Waals surface area contributed by atoms with Crippen LogP contribution in [-0.4, -0.2) is 35.6 Å². The molecule has 1 unspecified atom stereocenters. The number of hydrogen-bond donors (Lipinski definition) is 1. The number of carbonyl (C=O) groups is 1. The fourth-order valence-electron chi connectivity index (χ4n) is 3.22. The van der Waals surface area contributed by atoms with Crippen molar-refractivity contribution in [3.8, 4) is 0 Å². The summed E-state index contributed by atoms with van der Waals surface area (Å²) in [5, 5.41) is 7.22. The predicted octanol–water partition coefficient (Wildman–Crippen LogP) is 2.52. The maximum atomic E-state index is 13.4. The van der Waals surface area contributed by atoms with E-state index in [0.29, 0.717) is 23.7 Å². The van der Waals surface area contributed by atoms with Crippen LogP contribution >= 0.6 is 11.8 Å². The summed E-state index contributed by atoms with van der Waals surface area (Å²) in [4.78, 5) is 12.5. The fraction of sp³-hybridized carbons (Fsp3) is 0.375. The summed E-state index contributed by atoms with van der Waals surface area (Å²) in [6.07, 6.45) is 0.435. The summed E-state index contributed by atoms with van der Waals surface area (Å²) in [5.41, 5.74) is 1.66. The summed E-state index contributed by atoms with van der Waals surface area (Å²) >= 11 is 1.65. The smallest absolute Gasteiger partial charge is 0.256 e. The molecule has 0 aliphatic carbocycles. The zero-order valence-electron chi connectivity index (χ0n) is 13.5. The number of sulfone groups is 1. The molecule has 0 radical (unpaired) electrons. The lowest BCUT2D eigenvalue weighted by molar-refractivity contribution is 0.102. The zero-order chi connectivity index (χ0) is 18.5. The van der Waals surface area contributed by atoms with Crippen LogP contribution in [0.2, 0.25) is 0 Å². The number of nitrogens with one attached hydrogen (secondary N) is 1. The second-order valence-corrected chi connectivity index (χ2v) is 9.57. The van der Waals surface area contributed by atoms with Crippen LogP contribution in [0.5, 0.6) is 0 Å². The van der Waals surface area contributed by atoms with Crippen LogP contribution in [0.4, 0.5) is 14.6 Å². The first kappa shape index (κ1) is 17.5. The van der Waals surface area contributed by atoms with Crippen LogP contribution in [0.15, 0.2) is 18.2 Å². The minimum atomic E-state index is -3.11. The van der Waals surface area contributed by atoms with Gasteiger partial charge in [-0.2, -0.15) is 16.9 Å². The van der Waals surface area contributed by atoms with Crippen LogP contribution in [0.25, 0.3) is 0 Å². The third-order valence-electron chi connectivity index (χ3n) is 4.54. The maximum Gasteiger partial charge on any atom is 0.256 e. The van der Waals surface area contributed by atoms with E-state index in [0.717, 1.165) is 23.4 Å². The van der Waals surface area contributed by atoms with Gasteiger partial charge in [0.1, 0.15) is 5.82 Å². The van der Waals surface area contributed by atoms with Gasteiger partial charge in [0.25, 0.3) is 5.91 Å². The summed E-state index contributed by atoms with van der Waals surface area (Å²) in [6, 6.07) is 2.59. The Labute approximate surface area is 152 Å². The number of rotatable bonds is 3. The summed E-state index contributed by atoms with van der Waals surface area (Å²) in [5.74, 6) is -0.860. The first-order valence-corrected chi connectivity index (χ1v) is 11.0. The van der Waals surface area contributed by atoms with Gasteiger partial charge in [0.15, 0.2) is 21.5 Å². The third-order valence-corrected chi connectivity index (χ3v) is 7.27. The van der Waals surface area contributed by atoms with E-state index in [2.05, 4.69) is 10.4 Å². The average molecular weight is 399 g/mol. The molecule has 1 N–H and O–H groups in total. The molecule has 1 aromatic carbocycles. The number of amides is 1. The third kappa shape index (κ3) is 3.11. The highest BCUT2D eigenvalue weighted by atomic mass is 32.2. The molecule has 0 spiro atoms. The van der Waals surface area contributed by atoms with Crippen molar-refractivity contribution in [1.29, 1.82) is 0 Å². The number of halogens is 2. The van der Waals surface area contributed by atoms with E-state index in [-0.39, 0.29) is 23.1 Å². The van der Waals surface area contributed by atoms with Crippen LogP contribution in [-0.2, 0) is 21.3 Å². The van der Waals surface area contributed by atoms with Crippen LogP contribution in [0.1, 0.15) is 34.1 Å². The van der Waals surface area contributed by atoms with Crippen molar-refractivity contribution in [2.45, 2.75) is 24.0 Å². The van der Waals surface area contributed by atoms with Gasteiger partial charge in [0.05, 0.1) is 23.2 Å². The van der Waals surface area contributed by atoms with Gasteiger partial charge in [0, 0.05) is 22.6 Å². The van der Waals surface area contributed by atoms with E-state index < -0.39 is 27.4 Å². The Morgan fingerprint density at radius 3 is 2.77 bits per heavy atom. The fourth-order valence-corrected chi connectivity index (χ4v) is 5.94. The topological polar surface area (TPSA) is 81.1 Å². The van der Waals surface area contributed by atoms with Crippen LogP contribution in [0, 0.1) is 11.6 Å². The van der Waals surface area contributed by atoms with Gasteiger partial charge in [-0.05, 0) is 24.6 Å². The molecular weight excluding hydrogens is 384 g/mol. The SMILES string of the molecule is O=C(Nc1c2c(nn1C1CCS(=O)(=O)C1)CSC2)c1ccc(F)c(F)c1. The predicted molar refractivity (Wildman–Crippen MR) is 93.8 cm³/mol. The first-order chi connectivity index (χ1) is 12.3. The van der Waals surface area contributed by atoms with Crippen molar-refractivity contribution in [3.05, 3.63) is 46.7 Å². The van der Waals surface area contributed by atoms with Crippen LogP contribution in [0.3, 0.4) is 0 Å². The van der Waals surface area contributed by atoms with Crippen molar-refractivity contribution in [2.75, 3.05) is 16.8 Å². The van der Waals surface area contributed by atoms with E-state index in [1.165, 1.54) is 6.07 Å². The molecule has 0 bridgehead atoms. The summed E-state index contributed by atoms with van der Waals surface area (Å²) in [6.45, 7) is 0. The van der Waals surface area contributed by atoms with Crippen molar-refractivity contribution in [2.24, 2.45) is 0 Å². The molecule has 138 valence electrons.